The van der Waals surface area contributed by atoms with Gasteiger partial charge in [-0.3, -0.25) is 9.59 Å². The number of carboxylic acid groups (broad SMARTS) is 1. The number of ketones is 1. The molecular formula is C35H36MgN4O5-2. The van der Waals surface area contributed by atoms with Crippen molar-refractivity contribution >= 4 is 64.7 Å². The normalized spacial score (nSPS) is 24.9. The van der Waals surface area contributed by atoms with Gasteiger partial charge >= 0.3 is 29.0 Å². The number of ether oxygens (including phenoxy) is 1. The average molecular weight is 617 g/mol. The van der Waals surface area contributed by atoms with Gasteiger partial charge < -0.3 is 35.2 Å². The zero-order chi connectivity index (χ0) is 31.6. The van der Waals surface area contributed by atoms with Crippen molar-refractivity contribution in [2.45, 2.75) is 60.2 Å². The van der Waals surface area contributed by atoms with Gasteiger partial charge in [0.25, 0.3) is 0 Å². The molecule has 1 fully saturated rings. The molecule has 1 saturated heterocycles. The van der Waals surface area contributed by atoms with Crippen molar-refractivity contribution < 1.29 is 24.5 Å². The maximum absolute atomic E-state index is 14.0. The summed E-state index contributed by atoms with van der Waals surface area (Å²) in [7, 11) is 1.35. The van der Waals surface area contributed by atoms with E-state index in [4.69, 9.17) is 25.0 Å². The monoisotopic (exact) mass is 616 g/mol. The number of aliphatic hydroxyl groups is 1. The smallest absolute Gasteiger partial charge is 0.664 e. The number of allylic oxidation sites excluding steroid dienone is 2. The van der Waals surface area contributed by atoms with Crippen molar-refractivity contribution in [3.63, 3.8) is 0 Å². The third-order valence-corrected chi connectivity index (χ3v) is 9.55. The fourth-order valence-corrected chi connectivity index (χ4v) is 7.03. The molecule has 0 radical (unpaired) electrons. The number of fused-ring (bicyclic) bond motifs is 7. The first-order valence-electron chi connectivity index (χ1n) is 15.0. The van der Waals surface area contributed by atoms with Crippen LogP contribution in [0.25, 0.3) is 35.2 Å². The summed E-state index contributed by atoms with van der Waals surface area (Å²) in [6, 6.07) is 0. The van der Waals surface area contributed by atoms with Crippen molar-refractivity contribution in [3.05, 3.63) is 90.1 Å². The Morgan fingerprint density at radius 1 is 1.04 bits per heavy atom. The number of carbonyl (C=O) groups excluding carboxylic acids is 1. The van der Waals surface area contributed by atoms with Crippen molar-refractivity contribution in [3.8, 4) is 0 Å². The molecule has 0 aromatic carbocycles. The van der Waals surface area contributed by atoms with E-state index >= 15 is 0 Å². The standard InChI is InChI=1S/C35H38N4O5.Mg/c1-8-19-15(3)22-12-24-17(5)21(10-11-28(40)41)32(38-24)30-31(35(43)44-7)34(42)29-18(6)25(39-33(29)30)14-27-20(9-2)16(4)23(37-27)13-26(19)36-22;/h8,12-14,17,21,31,35,43H,1,9-11H2,2-7H3,(H3,38,39,40,41,42);/q-2;+2/p-2/b23-13-,24-12-,27-14-;/t17-,21-,31+,35?;/m0./s1. The van der Waals surface area contributed by atoms with Crippen LogP contribution >= 0.6 is 0 Å². The number of carboxylic acids is 1. The number of aliphatic hydroxyl groups excluding tert-OH is 1. The molecule has 3 aliphatic rings. The number of aromatic nitrogens is 3. The number of carbonyl (C=O) groups is 2. The van der Waals surface area contributed by atoms with Gasteiger partial charge in [0.1, 0.15) is 0 Å². The van der Waals surface area contributed by atoms with E-state index in [1.165, 1.54) is 7.11 Å². The average Bonchev–Trinajstić information content (AvgIpc) is 3.72. The Bertz CT molecular complexity index is 1920. The van der Waals surface area contributed by atoms with Crippen LogP contribution in [0, 0.1) is 38.5 Å². The first kappa shape index (κ1) is 32.8. The molecule has 2 aliphatic heterocycles. The fraction of sp³-hybridized carbons (Fsp3) is 0.371. The van der Waals surface area contributed by atoms with E-state index in [0.717, 1.165) is 56.5 Å². The number of hydrogen-bond acceptors (Lipinski definition) is 4. The van der Waals surface area contributed by atoms with Gasteiger partial charge in [0.05, 0.1) is 5.92 Å². The second kappa shape index (κ2) is 12.3. The molecule has 0 saturated carbocycles. The molecule has 1 aliphatic carbocycles. The molecule has 2 N–H and O–H groups in total. The number of hydrogen-bond donors (Lipinski definition) is 2. The molecule has 45 heavy (non-hydrogen) atoms. The maximum atomic E-state index is 14.0. The van der Waals surface area contributed by atoms with Crippen LogP contribution in [0.3, 0.4) is 0 Å². The SMILES string of the molecule is C=Cc1c2[n-]c(c1C)/C=C1\[N-]/C(=C3\c4[n-]c(c(C)c4C(=O)[C@@H]3C(O)OC)/C=c3\[n-]/c(c(C)c3CC)=C\2)[C@@H](CCC(=O)O)[C@@H]1C.[Mg+2]. The van der Waals surface area contributed by atoms with E-state index < -0.39 is 18.2 Å². The minimum Gasteiger partial charge on any atom is -0.664 e. The number of aliphatic carboxylic acids is 1. The molecule has 4 atom stereocenters. The van der Waals surface area contributed by atoms with Gasteiger partial charge in [-0.15, -0.1) is 33.5 Å². The van der Waals surface area contributed by atoms with Gasteiger partial charge in [-0.1, -0.05) is 72.6 Å². The third kappa shape index (κ3) is 5.17. The zero-order valence-corrected chi connectivity index (χ0v) is 28.0. The van der Waals surface area contributed by atoms with E-state index in [-0.39, 0.29) is 47.1 Å². The first-order chi connectivity index (χ1) is 21.0. The summed E-state index contributed by atoms with van der Waals surface area (Å²) in [4.78, 5) is 40.7. The van der Waals surface area contributed by atoms with Crippen molar-refractivity contribution in [2.24, 2.45) is 17.8 Å². The van der Waals surface area contributed by atoms with Crippen LogP contribution in [-0.2, 0) is 16.0 Å². The molecule has 10 heteroatoms. The molecule has 230 valence electrons. The number of rotatable bonds is 7. The maximum Gasteiger partial charge on any atom is 2.00 e. The Hall–Kier alpha value is -3.57. The number of Topliss-reactive ketones (excluding diaryl/α,β-unsaturated/α-hetero) is 1. The van der Waals surface area contributed by atoms with E-state index in [9.17, 15) is 19.8 Å². The van der Waals surface area contributed by atoms with E-state index in [1.807, 2.05) is 39.0 Å². The Labute approximate surface area is 278 Å². The first-order valence-corrected chi connectivity index (χ1v) is 15.0. The summed E-state index contributed by atoms with van der Waals surface area (Å²) in [5.41, 5.74) is 9.49. The Morgan fingerprint density at radius 3 is 2.38 bits per heavy atom. The molecular weight excluding hydrogens is 581 g/mol. The zero-order valence-electron chi connectivity index (χ0n) is 26.6. The molecule has 0 amide bonds. The molecule has 6 rings (SSSR count). The van der Waals surface area contributed by atoms with Gasteiger partial charge in [0.15, 0.2) is 12.1 Å². The molecule has 1 unspecified atom stereocenters. The van der Waals surface area contributed by atoms with Crippen LogP contribution in [-0.4, -0.2) is 58.4 Å². The third-order valence-electron chi connectivity index (χ3n) is 9.55. The van der Waals surface area contributed by atoms with Crippen LogP contribution in [0.5, 0.6) is 0 Å². The molecule has 0 spiro atoms. The summed E-state index contributed by atoms with van der Waals surface area (Å²) >= 11 is 0. The van der Waals surface area contributed by atoms with Gasteiger partial charge in [0, 0.05) is 19.1 Å². The molecule has 5 heterocycles. The predicted octanol–water partition coefficient (Wildman–Crippen LogP) is 3.31. The van der Waals surface area contributed by atoms with Gasteiger partial charge in [-0.25, -0.2) is 0 Å². The second-order valence-corrected chi connectivity index (χ2v) is 11.9. The van der Waals surface area contributed by atoms with Crippen molar-refractivity contribution in [1.82, 2.24) is 15.0 Å². The minimum absolute atomic E-state index is 0. The van der Waals surface area contributed by atoms with Crippen LogP contribution < -0.4 is 25.7 Å². The summed E-state index contributed by atoms with van der Waals surface area (Å²) < 4.78 is 5.31. The summed E-state index contributed by atoms with van der Waals surface area (Å²) in [6.45, 7) is 14.1. The topological polar surface area (TPSA) is 140 Å². The molecule has 3 aromatic heterocycles. The Balaban J connectivity index is 0.00000400. The van der Waals surface area contributed by atoms with Crippen LogP contribution in [0.2, 0.25) is 0 Å². The molecule has 8 bridgehead atoms. The fourth-order valence-electron chi connectivity index (χ4n) is 7.03. The number of methoxy groups -OCH3 is 1. The summed E-state index contributed by atoms with van der Waals surface area (Å²) in [5.74, 6) is -2.75. The number of nitrogens with zero attached hydrogens (tertiary/aromatic N) is 4. The largest absolute Gasteiger partial charge is 2.00 e. The van der Waals surface area contributed by atoms with Gasteiger partial charge in [0.2, 0.25) is 0 Å². The Morgan fingerprint density at radius 2 is 1.73 bits per heavy atom. The predicted molar refractivity (Wildman–Crippen MR) is 174 cm³/mol. The van der Waals surface area contributed by atoms with E-state index in [0.29, 0.717) is 40.2 Å². The minimum atomic E-state index is -1.42. The molecule has 3 aromatic rings. The van der Waals surface area contributed by atoms with Crippen LogP contribution in [0.1, 0.15) is 87.6 Å². The van der Waals surface area contributed by atoms with Gasteiger partial charge in [-0.05, 0) is 51.0 Å². The van der Waals surface area contributed by atoms with Crippen LogP contribution in [0.4, 0.5) is 0 Å². The van der Waals surface area contributed by atoms with Gasteiger partial charge in [-0.2, -0.15) is 11.4 Å². The summed E-state index contributed by atoms with van der Waals surface area (Å²) in [6.07, 6.45) is 7.22. The Kier molecular flexibility index (Phi) is 8.98. The molecule has 9 nitrogen and oxygen atoms in total. The van der Waals surface area contributed by atoms with E-state index in [1.54, 1.807) is 6.08 Å². The quantitative estimate of drug-likeness (QED) is 0.304. The van der Waals surface area contributed by atoms with E-state index in [2.05, 4.69) is 20.4 Å². The van der Waals surface area contributed by atoms with Crippen molar-refractivity contribution in [1.29, 1.82) is 0 Å². The van der Waals surface area contributed by atoms with Crippen molar-refractivity contribution in [2.75, 3.05) is 7.11 Å². The van der Waals surface area contributed by atoms with Crippen LogP contribution in [0.15, 0.2) is 18.0 Å². The summed E-state index contributed by atoms with van der Waals surface area (Å²) in [5, 5.41) is 27.3. The second-order valence-electron chi connectivity index (χ2n) is 11.9.